The molecule has 5 heterocycles. The van der Waals surface area contributed by atoms with Gasteiger partial charge in [-0.05, 0) is 117 Å². The Morgan fingerprint density at radius 1 is 0.719 bits per heavy atom. The SMILES string of the molecule is C[C@@H]1O[C@@H](O[C@H]2[C@H](O[C@@H]3[C@@H](O)[C@H](O[C@H]4CC[C@]5(C)[C@H]6C=CC7=C8[C@]9(CC[C@](C)(OC9=O)[C@@]8(C)O)CC[C@@]7(C)[C@]6(C)CC[C@H]5C4(C)C)O[C@H](CO)[C@H]3O)OC[C@H](O)[C@@H]2O)[C@H](O)[C@H](O)[C@H]1O. The number of ether oxygens (including phenoxy) is 7. The molecule has 1 spiro atoms. The molecule has 9 N–H and O–H groups in total. The van der Waals surface area contributed by atoms with E-state index in [2.05, 4.69) is 46.8 Å². The van der Waals surface area contributed by atoms with E-state index in [0.717, 1.165) is 36.8 Å². The fraction of sp³-hybridized carbons (Fsp3) is 0.894. The van der Waals surface area contributed by atoms with Gasteiger partial charge in [-0.2, -0.15) is 0 Å². The van der Waals surface area contributed by atoms with Crippen LogP contribution in [-0.4, -0.2) is 168 Å². The van der Waals surface area contributed by atoms with E-state index in [1.54, 1.807) is 0 Å². The van der Waals surface area contributed by atoms with Crippen LogP contribution in [0.5, 0.6) is 0 Å². The van der Waals surface area contributed by atoms with Crippen LogP contribution in [0.3, 0.4) is 0 Å². The minimum atomic E-state index is -1.75. The Labute approximate surface area is 374 Å². The van der Waals surface area contributed by atoms with Crippen LogP contribution in [0, 0.1) is 38.9 Å². The molecule has 0 aromatic rings. The number of esters is 1. The molecule has 64 heavy (non-hydrogen) atoms. The summed E-state index contributed by atoms with van der Waals surface area (Å²) >= 11 is 0. The summed E-state index contributed by atoms with van der Waals surface area (Å²) < 4.78 is 42.1. The number of fused-ring (bicyclic) bond motifs is 7. The molecule has 23 atom stereocenters. The molecular weight excluding hydrogens is 837 g/mol. The van der Waals surface area contributed by atoms with Gasteiger partial charge < -0.3 is 79.1 Å². The Kier molecular flexibility index (Phi) is 11.6. The molecule has 5 saturated heterocycles. The van der Waals surface area contributed by atoms with E-state index >= 15 is 0 Å². The summed E-state index contributed by atoms with van der Waals surface area (Å²) in [6.07, 6.45) is -11.1. The number of carbonyl (C=O) groups excluding carboxylic acids is 1. The number of carbonyl (C=O) groups is 1. The summed E-state index contributed by atoms with van der Waals surface area (Å²) in [5, 5.41) is 98.8. The van der Waals surface area contributed by atoms with Crippen LogP contribution in [0.25, 0.3) is 0 Å². The average Bonchev–Trinajstić information content (AvgIpc) is 3.23. The van der Waals surface area contributed by atoms with Crippen molar-refractivity contribution in [2.75, 3.05) is 13.2 Å². The highest BCUT2D eigenvalue weighted by atomic mass is 16.8. The average molecular weight is 909 g/mol. The van der Waals surface area contributed by atoms with Gasteiger partial charge in [0.05, 0.1) is 30.8 Å². The Hall–Kier alpha value is -1.65. The maximum atomic E-state index is 13.7. The van der Waals surface area contributed by atoms with Crippen LogP contribution in [0.2, 0.25) is 0 Å². The third-order valence-electron chi connectivity index (χ3n) is 19.1. The van der Waals surface area contributed by atoms with E-state index in [9.17, 15) is 50.8 Å². The number of rotatable bonds is 7. The Bertz CT molecular complexity index is 1890. The highest BCUT2D eigenvalue weighted by Crippen LogP contribution is 2.75. The van der Waals surface area contributed by atoms with E-state index in [1.165, 1.54) is 6.92 Å². The van der Waals surface area contributed by atoms with E-state index < -0.39 is 127 Å². The lowest BCUT2D eigenvalue weighted by atomic mass is 9.35. The van der Waals surface area contributed by atoms with Gasteiger partial charge in [0.1, 0.15) is 72.2 Å². The second-order valence-corrected chi connectivity index (χ2v) is 22.6. The van der Waals surface area contributed by atoms with Crippen LogP contribution in [0.4, 0.5) is 0 Å². The van der Waals surface area contributed by atoms with Crippen molar-refractivity contribution in [2.45, 2.75) is 210 Å². The third-order valence-corrected chi connectivity index (χ3v) is 19.1. The van der Waals surface area contributed by atoms with Gasteiger partial charge in [-0.3, -0.25) is 4.79 Å². The minimum Gasteiger partial charge on any atom is -0.455 e. The molecule has 5 aliphatic heterocycles. The van der Waals surface area contributed by atoms with Gasteiger partial charge in [0.15, 0.2) is 18.9 Å². The summed E-state index contributed by atoms with van der Waals surface area (Å²) in [5.41, 5.74) is -2.28. The predicted octanol–water partition coefficient (Wildman–Crippen LogP) is 0.859. The number of hydrogen-bond acceptors (Lipinski definition) is 17. The standard InChI is InChI=1S/C47H72O17/c1-21-28(50)31(53)32(54)37(59-21)63-35-29(51)23(49)20-58-39(35)62-34-30(52)24(19-48)60-38(33(34)55)61-27-12-13-42(4)25(41(27,2)3)11-14-44(6)26(42)10-9-22-36-46(8,57)45(7)16-18-47(36,40(56)64-45)17-15-43(22,44)5/h9-10,21,23-35,37-39,48-55,57H,11-20H2,1-8H3/t21-,23-,24+,25-,26+,27-,28-,29-,30+,31+,32+,33+,34-,35+,37-,38-,39-,42-,43+,44+,45-,46-,47+/m0/s1. The maximum Gasteiger partial charge on any atom is 0.317 e. The Morgan fingerprint density at radius 2 is 1.39 bits per heavy atom. The molecule has 8 fully saturated rings. The topological polar surface area (TPSA) is 264 Å². The number of aliphatic hydroxyl groups is 9. The highest BCUT2D eigenvalue weighted by molar-refractivity contribution is 5.86. The van der Waals surface area contributed by atoms with E-state index in [0.29, 0.717) is 25.7 Å². The zero-order valence-electron chi connectivity index (χ0n) is 38.3. The number of hydrogen-bond donors (Lipinski definition) is 9. The van der Waals surface area contributed by atoms with Crippen molar-refractivity contribution in [3.05, 3.63) is 23.3 Å². The zero-order chi connectivity index (χ0) is 46.5. The summed E-state index contributed by atoms with van der Waals surface area (Å²) in [6, 6.07) is 0. The molecule has 3 saturated carbocycles. The summed E-state index contributed by atoms with van der Waals surface area (Å²) in [7, 11) is 0. The van der Waals surface area contributed by atoms with Gasteiger partial charge in [0, 0.05) is 0 Å². The second-order valence-electron chi connectivity index (χ2n) is 22.6. The van der Waals surface area contributed by atoms with Gasteiger partial charge in [0.2, 0.25) is 0 Å². The van der Waals surface area contributed by atoms with Crippen LogP contribution >= 0.6 is 0 Å². The lowest BCUT2D eigenvalue weighted by Gasteiger charge is -2.71. The summed E-state index contributed by atoms with van der Waals surface area (Å²) in [6.45, 7) is 15.6. The van der Waals surface area contributed by atoms with Crippen molar-refractivity contribution in [1.29, 1.82) is 0 Å². The molecule has 0 unspecified atom stereocenters. The molecule has 2 bridgehead atoms. The molecule has 17 nitrogen and oxygen atoms in total. The van der Waals surface area contributed by atoms with Crippen molar-refractivity contribution in [3.63, 3.8) is 0 Å². The van der Waals surface area contributed by atoms with Crippen LogP contribution in [0.1, 0.15) is 107 Å². The normalized spacial score (nSPS) is 56.7. The third kappa shape index (κ3) is 6.46. The molecule has 0 aromatic heterocycles. The molecule has 17 heteroatoms. The molecule has 0 radical (unpaired) electrons. The van der Waals surface area contributed by atoms with Crippen molar-refractivity contribution in [1.82, 2.24) is 0 Å². The van der Waals surface area contributed by atoms with Gasteiger partial charge in [-0.15, -0.1) is 0 Å². The fourth-order valence-electron chi connectivity index (χ4n) is 14.7. The monoisotopic (exact) mass is 908 g/mol. The predicted molar refractivity (Wildman–Crippen MR) is 222 cm³/mol. The molecular formula is C47H72O17. The van der Waals surface area contributed by atoms with Crippen molar-refractivity contribution >= 4 is 5.97 Å². The molecule has 10 aliphatic rings. The smallest absolute Gasteiger partial charge is 0.317 e. The summed E-state index contributed by atoms with van der Waals surface area (Å²) in [4.78, 5) is 13.7. The lowest BCUT2D eigenvalue weighted by molar-refractivity contribution is -0.382. The molecule has 5 aliphatic carbocycles. The van der Waals surface area contributed by atoms with Crippen molar-refractivity contribution in [3.8, 4) is 0 Å². The lowest BCUT2D eigenvalue weighted by Crippen LogP contribution is -2.71. The second kappa shape index (κ2) is 15.7. The first-order valence-corrected chi connectivity index (χ1v) is 23.5. The first-order valence-electron chi connectivity index (χ1n) is 23.5. The maximum absolute atomic E-state index is 13.7. The van der Waals surface area contributed by atoms with Gasteiger partial charge in [-0.25, -0.2) is 0 Å². The fourth-order valence-corrected chi connectivity index (χ4v) is 14.7. The van der Waals surface area contributed by atoms with Gasteiger partial charge >= 0.3 is 5.97 Å². The quantitative estimate of drug-likeness (QED) is 0.127. The van der Waals surface area contributed by atoms with Gasteiger partial charge in [-0.1, -0.05) is 46.8 Å². The molecule has 0 aromatic carbocycles. The Morgan fingerprint density at radius 3 is 2.08 bits per heavy atom. The van der Waals surface area contributed by atoms with Gasteiger partial charge in [0.25, 0.3) is 0 Å². The van der Waals surface area contributed by atoms with E-state index in [4.69, 9.17) is 33.2 Å². The largest absolute Gasteiger partial charge is 0.455 e. The molecule has 362 valence electrons. The van der Waals surface area contributed by atoms with Crippen LogP contribution in [-0.2, 0) is 38.0 Å². The first-order chi connectivity index (χ1) is 29.8. The first kappa shape index (κ1) is 47.4. The number of allylic oxidation sites excluding steroid dienone is 3. The van der Waals surface area contributed by atoms with E-state index in [1.807, 2.05) is 13.8 Å². The Balaban J connectivity index is 0.951. The minimum absolute atomic E-state index is 0.157. The van der Waals surface area contributed by atoms with Crippen LogP contribution in [0.15, 0.2) is 23.3 Å². The molecule has 0 amide bonds. The summed E-state index contributed by atoms with van der Waals surface area (Å²) in [5.74, 6) is 0.113. The van der Waals surface area contributed by atoms with E-state index in [-0.39, 0.29) is 34.1 Å². The highest BCUT2D eigenvalue weighted by Gasteiger charge is 2.73. The van der Waals surface area contributed by atoms with Crippen molar-refractivity contribution < 1.29 is 83.9 Å². The van der Waals surface area contributed by atoms with Crippen LogP contribution < -0.4 is 0 Å². The van der Waals surface area contributed by atoms with Crippen molar-refractivity contribution in [2.24, 2.45) is 38.9 Å². The molecule has 10 rings (SSSR count). The zero-order valence-corrected chi connectivity index (χ0v) is 38.3. The number of aliphatic hydroxyl groups excluding tert-OH is 8.